The molecule has 2 rings (SSSR count). The number of halogens is 1. The third-order valence-corrected chi connectivity index (χ3v) is 3.65. The molecule has 100 valence electrons. The maximum Gasteiger partial charge on any atom is 0.123 e. The second-order valence-corrected chi connectivity index (χ2v) is 5.09. The van der Waals surface area contributed by atoms with Crippen LogP contribution in [-0.2, 0) is 0 Å². The van der Waals surface area contributed by atoms with E-state index in [0.29, 0.717) is 0 Å². The van der Waals surface area contributed by atoms with Crippen molar-refractivity contribution in [1.29, 1.82) is 0 Å². The van der Waals surface area contributed by atoms with Crippen molar-refractivity contribution in [3.05, 3.63) is 35.6 Å². The third-order valence-electron chi connectivity index (χ3n) is 3.65. The average Bonchev–Trinajstić information content (AvgIpc) is 2.38. The van der Waals surface area contributed by atoms with Gasteiger partial charge >= 0.3 is 0 Å². The highest BCUT2D eigenvalue weighted by molar-refractivity contribution is 5.19. The predicted octanol–water partition coefficient (Wildman–Crippen LogP) is 1.46. The molecule has 1 aromatic rings. The van der Waals surface area contributed by atoms with Crippen LogP contribution in [0.4, 0.5) is 4.39 Å². The van der Waals surface area contributed by atoms with Crippen LogP contribution >= 0.6 is 0 Å². The Hall–Kier alpha value is -0.970. The first-order chi connectivity index (χ1) is 8.65. The molecule has 0 unspecified atom stereocenters. The Labute approximate surface area is 108 Å². The summed E-state index contributed by atoms with van der Waals surface area (Å²) in [5.41, 5.74) is 7.15. The smallest absolute Gasteiger partial charge is 0.123 e. The fraction of sp³-hybridized carbons (Fsp3) is 0.571. The van der Waals surface area contributed by atoms with Crippen LogP contribution in [0, 0.1) is 5.82 Å². The molecule has 4 heteroatoms. The van der Waals surface area contributed by atoms with Crippen LogP contribution in [0.25, 0.3) is 0 Å². The van der Waals surface area contributed by atoms with Crippen molar-refractivity contribution in [1.82, 2.24) is 9.80 Å². The van der Waals surface area contributed by atoms with Crippen molar-refractivity contribution in [3.8, 4) is 0 Å². The van der Waals surface area contributed by atoms with E-state index in [1.54, 1.807) is 12.1 Å². The Kier molecular flexibility index (Phi) is 4.69. The van der Waals surface area contributed by atoms with Crippen LogP contribution in [-0.4, -0.2) is 49.6 Å². The summed E-state index contributed by atoms with van der Waals surface area (Å²) in [6.45, 7) is 5.52. The van der Waals surface area contributed by atoms with Gasteiger partial charge in [-0.25, -0.2) is 4.39 Å². The minimum Gasteiger partial charge on any atom is -0.324 e. The second-order valence-electron chi connectivity index (χ2n) is 5.09. The van der Waals surface area contributed by atoms with Gasteiger partial charge in [-0.15, -0.1) is 0 Å². The lowest BCUT2D eigenvalue weighted by atomic mass is 10.0. The van der Waals surface area contributed by atoms with E-state index < -0.39 is 0 Å². The zero-order valence-corrected chi connectivity index (χ0v) is 11.0. The molecule has 2 N–H and O–H groups in total. The van der Waals surface area contributed by atoms with Crippen molar-refractivity contribution in [3.63, 3.8) is 0 Å². The van der Waals surface area contributed by atoms with E-state index in [1.165, 1.54) is 12.1 Å². The van der Waals surface area contributed by atoms with Crippen LogP contribution in [0.15, 0.2) is 24.3 Å². The summed E-state index contributed by atoms with van der Waals surface area (Å²) in [6, 6.07) is 6.52. The first-order valence-electron chi connectivity index (χ1n) is 6.57. The van der Waals surface area contributed by atoms with E-state index in [4.69, 9.17) is 5.73 Å². The number of likely N-dealkylation sites (N-methyl/N-ethyl adjacent to an activating group) is 1. The molecule has 1 heterocycles. The van der Waals surface area contributed by atoms with Crippen molar-refractivity contribution in [2.24, 2.45) is 5.73 Å². The van der Waals surface area contributed by atoms with E-state index in [9.17, 15) is 4.39 Å². The molecule has 1 fully saturated rings. The number of hydrogen-bond acceptors (Lipinski definition) is 3. The molecule has 1 aromatic carbocycles. The molecule has 0 aromatic heterocycles. The molecule has 0 aliphatic carbocycles. The maximum atomic E-state index is 12.8. The van der Waals surface area contributed by atoms with E-state index in [2.05, 4.69) is 16.8 Å². The van der Waals surface area contributed by atoms with Crippen LogP contribution in [0.3, 0.4) is 0 Å². The molecule has 0 saturated carbocycles. The molecule has 0 radical (unpaired) electrons. The zero-order valence-electron chi connectivity index (χ0n) is 11.0. The Bertz CT molecular complexity index is 358. The summed E-state index contributed by atoms with van der Waals surface area (Å²) in [7, 11) is 2.15. The Morgan fingerprint density at radius 1 is 1.17 bits per heavy atom. The van der Waals surface area contributed by atoms with Gasteiger partial charge in [0.05, 0.1) is 0 Å². The Morgan fingerprint density at radius 2 is 1.78 bits per heavy atom. The lowest BCUT2D eigenvalue weighted by Crippen LogP contribution is -2.45. The summed E-state index contributed by atoms with van der Waals surface area (Å²) >= 11 is 0. The molecule has 18 heavy (non-hydrogen) atoms. The largest absolute Gasteiger partial charge is 0.324 e. The molecule has 1 aliphatic rings. The lowest BCUT2D eigenvalue weighted by molar-refractivity contribution is 0.150. The number of piperazine rings is 1. The van der Waals surface area contributed by atoms with Gasteiger partial charge < -0.3 is 15.5 Å². The molecule has 0 amide bonds. The van der Waals surface area contributed by atoms with Gasteiger partial charge in [0.15, 0.2) is 0 Å². The third kappa shape index (κ3) is 3.77. The highest BCUT2D eigenvalue weighted by atomic mass is 19.1. The number of rotatable bonds is 4. The molecule has 1 saturated heterocycles. The minimum absolute atomic E-state index is 0.00487. The van der Waals surface area contributed by atoms with E-state index in [0.717, 1.165) is 44.7 Å². The van der Waals surface area contributed by atoms with Gasteiger partial charge in [0, 0.05) is 38.8 Å². The van der Waals surface area contributed by atoms with Crippen LogP contribution in [0.1, 0.15) is 18.0 Å². The van der Waals surface area contributed by atoms with Gasteiger partial charge in [0.1, 0.15) is 5.82 Å². The minimum atomic E-state index is -0.204. The second kappa shape index (κ2) is 6.27. The van der Waals surface area contributed by atoms with Gasteiger partial charge in [0.2, 0.25) is 0 Å². The van der Waals surface area contributed by atoms with Gasteiger partial charge in [0.25, 0.3) is 0 Å². The van der Waals surface area contributed by atoms with E-state index in [1.807, 2.05) is 0 Å². The summed E-state index contributed by atoms with van der Waals surface area (Å²) in [5.74, 6) is -0.204. The van der Waals surface area contributed by atoms with Crippen LogP contribution in [0.2, 0.25) is 0 Å². The maximum absolute atomic E-state index is 12.8. The topological polar surface area (TPSA) is 32.5 Å². The Morgan fingerprint density at radius 3 is 2.39 bits per heavy atom. The van der Waals surface area contributed by atoms with Crippen LogP contribution < -0.4 is 5.73 Å². The first kappa shape index (κ1) is 13.5. The molecule has 3 nitrogen and oxygen atoms in total. The summed E-state index contributed by atoms with van der Waals surface area (Å²) in [6.07, 6.45) is 0.926. The average molecular weight is 251 g/mol. The van der Waals surface area contributed by atoms with Crippen LogP contribution in [0.5, 0.6) is 0 Å². The quantitative estimate of drug-likeness (QED) is 0.879. The summed E-state index contributed by atoms with van der Waals surface area (Å²) in [4.78, 5) is 4.79. The normalized spacial score (nSPS) is 19.9. The molecular weight excluding hydrogens is 229 g/mol. The van der Waals surface area contributed by atoms with E-state index in [-0.39, 0.29) is 11.9 Å². The predicted molar refractivity (Wildman–Crippen MR) is 71.9 cm³/mol. The summed E-state index contributed by atoms with van der Waals surface area (Å²) in [5, 5.41) is 0. The SMILES string of the molecule is CN1CCN(CC[C@H](N)c2ccc(F)cc2)CC1. The molecule has 0 bridgehead atoms. The first-order valence-corrected chi connectivity index (χ1v) is 6.57. The van der Waals surface area contributed by atoms with Gasteiger partial charge in [-0.3, -0.25) is 0 Å². The van der Waals surface area contributed by atoms with Crippen molar-refractivity contribution in [2.75, 3.05) is 39.8 Å². The highest BCUT2D eigenvalue weighted by Crippen LogP contribution is 2.15. The Balaban J connectivity index is 1.77. The molecular formula is C14H22FN3. The number of hydrogen-bond donors (Lipinski definition) is 1. The van der Waals surface area contributed by atoms with E-state index >= 15 is 0 Å². The monoisotopic (exact) mass is 251 g/mol. The van der Waals surface area contributed by atoms with Gasteiger partial charge in [-0.2, -0.15) is 0 Å². The van der Waals surface area contributed by atoms with Crippen molar-refractivity contribution >= 4 is 0 Å². The highest BCUT2D eigenvalue weighted by Gasteiger charge is 2.15. The zero-order chi connectivity index (χ0) is 13.0. The summed E-state index contributed by atoms with van der Waals surface area (Å²) < 4.78 is 12.8. The molecule has 1 atom stereocenters. The lowest BCUT2D eigenvalue weighted by Gasteiger charge is -2.32. The number of nitrogens with zero attached hydrogens (tertiary/aromatic N) is 2. The van der Waals surface area contributed by atoms with Crippen molar-refractivity contribution < 1.29 is 4.39 Å². The fourth-order valence-corrected chi connectivity index (χ4v) is 2.27. The number of nitrogens with two attached hydrogens (primary N) is 1. The van der Waals surface area contributed by atoms with Crippen molar-refractivity contribution in [2.45, 2.75) is 12.5 Å². The fourth-order valence-electron chi connectivity index (χ4n) is 2.27. The molecule has 0 spiro atoms. The standard InChI is InChI=1S/C14H22FN3/c1-17-8-10-18(11-9-17)7-6-14(16)12-2-4-13(15)5-3-12/h2-5,14H,6-11,16H2,1H3/t14-/m0/s1. The number of benzene rings is 1. The van der Waals surface area contributed by atoms with Gasteiger partial charge in [-0.05, 0) is 31.2 Å². The van der Waals surface area contributed by atoms with Gasteiger partial charge in [-0.1, -0.05) is 12.1 Å². The molecule has 1 aliphatic heterocycles.